The van der Waals surface area contributed by atoms with Gasteiger partial charge in [-0.25, -0.2) is 0 Å². The summed E-state index contributed by atoms with van der Waals surface area (Å²) in [5.74, 6) is -0.143. The Labute approximate surface area is 212 Å². The Kier molecular flexibility index (Phi) is 7.55. The van der Waals surface area contributed by atoms with E-state index < -0.39 is 17.7 Å². The molecule has 1 heterocycles. The normalized spacial score (nSPS) is 17.1. The van der Waals surface area contributed by atoms with Gasteiger partial charge in [0, 0.05) is 12.1 Å². The highest BCUT2D eigenvalue weighted by Gasteiger charge is 2.46. The van der Waals surface area contributed by atoms with Gasteiger partial charge in [-0.15, -0.1) is 0 Å². The average molecular weight is 485 g/mol. The smallest absolute Gasteiger partial charge is 0.295 e. The number of aryl methyl sites for hydroxylation is 2. The van der Waals surface area contributed by atoms with Gasteiger partial charge < -0.3 is 19.6 Å². The number of ether oxygens (including phenoxy) is 1. The molecular formula is C30H32N2O4. The molecule has 1 aliphatic heterocycles. The van der Waals surface area contributed by atoms with Gasteiger partial charge in [0.2, 0.25) is 0 Å². The minimum Gasteiger partial charge on any atom is -0.507 e. The minimum atomic E-state index is -0.716. The van der Waals surface area contributed by atoms with E-state index in [0.717, 1.165) is 17.7 Å². The van der Waals surface area contributed by atoms with Crippen LogP contribution in [0.15, 0.2) is 78.4 Å². The van der Waals surface area contributed by atoms with Crippen molar-refractivity contribution in [1.29, 1.82) is 0 Å². The lowest BCUT2D eigenvalue weighted by Gasteiger charge is -2.26. The maximum atomic E-state index is 13.3. The van der Waals surface area contributed by atoms with E-state index in [-0.39, 0.29) is 11.3 Å². The Morgan fingerprint density at radius 2 is 1.67 bits per heavy atom. The monoisotopic (exact) mass is 484 g/mol. The number of carbonyl (C=O) groups is 2. The fourth-order valence-corrected chi connectivity index (χ4v) is 4.52. The molecule has 186 valence electrons. The number of carbonyl (C=O) groups excluding carboxylic acids is 2. The number of ketones is 1. The van der Waals surface area contributed by atoms with Crippen LogP contribution in [0.2, 0.25) is 0 Å². The molecule has 0 aromatic heterocycles. The quantitative estimate of drug-likeness (QED) is 0.261. The highest BCUT2D eigenvalue weighted by molar-refractivity contribution is 6.46. The van der Waals surface area contributed by atoms with Crippen molar-refractivity contribution in [3.8, 4) is 11.5 Å². The second-order valence-corrected chi connectivity index (χ2v) is 9.46. The fraction of sp³-hybridized carbons (Fsp3) is 0.267. The van der Waals surface area contributed by atoms with E-state index >= 15 is 0 Å². The second kappa shape index (κ2) is 10.8. The van der Waals surface area contributed by atoms with Crippen LogP contribution >= 0.6 is 0 Å². The minimum absolute atomic E-state index is 0.107. The van der Waals surface area contributed by atoms with E-state index in [2.05, 4.69) is 0 Å². The molecule has 1 saturated heterocycles. The summed E-state index contributed by atoms with van der Waals surface area (Å²) in [6, 6.07) is 21.8. The molecule has 1 atom stereocenters. The molecule has 3 aromatic carbocycles. The van der Waals surface area contributed by atoms with Crippen LogP contribution in [0, 0.1) is 13.8 Å². The van der Waals surface area contributed by atoms with Gasteiger partial charge in [-0.1, -0.05) is 48.0 Å². The molecule has 4 rings (SSSR count). The van der Waals surface area contributed by atoms with Gasteiger partial charge in [0.05, 0.1) is 11.6 Å². The topological polar surface area (TPSA) is 70.1 Å². The molecule has 0 saturated carbocycles. The molecule has 0 spiro atoms. The number of nitrogens with zero attached hydrogens (tertiary/aromatic N) is 2. The Morgan fingerprint density at radius 3 is 2.39 bits per heavy atom. The lowest BCUT2D eigenvalue weighted by Crippen LogP contribution is -2.32. The van der Waals surface area contributed by atoms with Crippen molar-refractivity contribution >= 4 is 17.4 Å². The summed E-state index contributed by atoms with van der Waals surface area (Å²) in [6.07, 6.45) is 0.695. The standard InChI is InChI=1S/C30H32N2O4/c1-20-14-15-21(2)25(18-20)28(33)26-27(32(30(35)29(26)34)17-9-16-31(3)4)22-10-8-13-24(19-22)36-23-11-6-5-7-12-23/h5-8,10-15,18-19,27,33H,9,16-17H2,1-4H3/b28-26+. The van der Waals surface area contributed by atoms with E-state index in [0.29, 0.717) is 35.6 Å². The van der Waals surface area contributed by atoms with Crippen LogP contribution in [0.5, 0.6) is 11.5 Å². The van der Waals surface area contributed by atoms with Gasteiger partial charge in [0.25, 0.3) is 11.7 Å². The molecule has 1 amide bonds. The number of likely N-dealkylation sites (tertiary alicyclic amines) is 1. The van der Waals surface area contributed by atoms with Crippen LogP contribution in [-0.4, -0.2) is 53.8 Å². The van der Waals surface area contributed by atoms with E-state index in [1.54, 1.807) is 4.90 Å². The SMILES string of the molecule is Cc1ccc(C)c(/C(O)=C2\C(=O)C(=O)N(CCCN(C)C)C2c2cccc(Oc3ccccc3)c2)c1. The number of benzene rings is 3. The summed E-state index contributed by atoms with van der Waals surface area (Å²) in [7, 11) is 3.94. The number of hydrogen-bond donors (Lipinski definition) is 1. The molecule has 0 aliphatic carbocycles. The molecule has 0 bridgehead atoms. The number of Topliss-reactive ketones (excluding diaryl/α,β-unsaturated/α-hetero) is 1. The van der Waals surface area contributed by atoms with E-state index in [4.69, 9.17) is 4.74 Å². The fourth-order valence-electron chi connectivity index (χ4n) is 4.52. The number of rotatable bonds is 8. The Hall–Kier alpha value is -3.90. The van der Waals surface area contributed by atoms with Gasteiger partial charge in [0.1, 0.15) is 17.3 Å². The summed E-state index contributed by atoms with van der Waals surface area (Å²) in [5.41, 5.74) is 3.16. The second-order valence-electron chi connectivity index (χ2n) is 9.46. The Balaban J connectivity index is 1.80. The summed E-state index contributed by atoms with van der Waals surface area (Å²) in [4.78, 5) is 30.2. The van der Waals surface area contributed by atoms with E-state index in [1.165, 1.54) is 0 Å². The van der Waals surface area contributed by atoms with Crippen molar-refractivity contribution in [2.75, 3.05) is 27.2 Å². The third-order valence-electron chi connectivity index (χ3n) is 6.35. The largest absolute Gasteiger partial charge is 0.507 e. The Bertz CT molecular complexity index is 1300. The number of amides is 1. The van der Waals surface area contributed by atoms with Gasteiger partial charge in [-0.05, 0) is 82.4 Å². The predicted molar refractivity (Wildman–Crippen MR) is 141 cm³/mol. The summed E-state index contributed by atoms with van der Waals surface area (Å²) >= 11 is 0. The van der Waals surface area contributed by atoms with Crippen LogP contribution in [0.1, 0.15) is 34.7 Å². The van der Waals surface area contributed by atoms with E-state index in [1.807, 2.05) is 106 Å². The average Bonchev–Trinajstić information content (AvgIpc) is 3.11. The zero-order chi connectivity index (χ0) is 25.8. The molecule has 1 fully saturated rings. The van der Waals surface area contributed by atoms with Crippen molar-refractivity contribution in [1.82, 2.24) is 9.80 Å². The van der Waals surface area contributed by atoms with Crippen LogP contribution in [0.3, 0.4) is 0 Å². The van der Waals surface area contributed by atoms with Crippen molar-refractivity contribution in [3.63, 3.8) is 0 Å². The Morgan fingerprint density at radius 1 is 0.944 bits per heavy atom. The molecule has 1 unspecified atom stereocenters. The number of aliphatic hydroxyl groups excluding tert-OH is 1. The lowest BCUT2D eigenvalue weighted by atomic mass is 9.93. The van der Waals surface area contributed by atoms with Crippen molar-refractivity contribution < 1.29 is 19.4 Å². The third-order valence-corrected chi connectivity index (χ3v) is 6.35. The number of hydrogen-bond acceptors (Lipinski definition) is 5. The zero-order valence-corrected chi connectivity index (χ0v) is 21.2. The molecule has 36 heavy (non-hydrogen) atoms. The van der Waals surface area contributed by atoms with Gasteiger partial charge in [0.15, 0.2) is 0 Å². The predicted octanol–water partition coefficient (Wildman–Crippen LogP) is 5.47. The molecular weight excluding hydrogens is 452 g/mol. The first-order valence-electron chi connectivity index (χ1n) is 12.1. The van der Waals surface area contributed by atoms with Crippen LogP contribution in [0.4, 0.5) is 0 Å². The first-order valence-corrected chi connectivity index (χ1v) is 12.1. The van der Waals surface area contributed by atoms with Crippen LogP contribution in [0.25, 0.3) is 5.76 Å². The maximum Gasteiger partial charge on any atom is 0.295 e. The van der Waals surface area contributed by atoms with Gasteiger partial charge in [-0.2, -0.15) is 0 Å². The van der Waals surface area contributed by atoms with Gasteiger partial charge in [-0.3, -0.25) is 9.59 Å². The van der Waals surface area contributed by atoms with Crippen molar-refractivity contribution in [2.24, 2.45) is 0 Å². The third kappa shape index (κ3) is 5.34. The highest BCUT2D eigenvalue weighted by atomic mass is 16.5. The molecule has 6 nitrogen and oxygen atoms in total. The summed E-state index contributed by atoms with van der Waals surface area (Å²) < 4.78 is 6.02. The molecule has 1 N–H and O–H groups in total. The van der Waals surface area contributed by atoms with Gasteiger partial charge >= 0.3 is 0 Å². The van der Waals surface area contributed by atoms with Crippen LogP contribution < -0.4 is 4.74 Å². The number of para-hydroxylation sites is 1. The summed E-state index contributed by atoms with van der Waals surface area (Å²) in [6.45, 7) is 4.97. The molecule has 3 aromatic rings. The zero-order valence-electron chi connectivity index (χ0n) is 21.2. The first-order chi connectivity index (χ1) is 17.3. The van der Waals surface area contributed by atoms with Crippen molar-refractivity contribution in [2.45, 2.75) is 26.3 Å². The molecule has 6 heteroatoms. The number of aliphatic hydroxyl groups is 1. The van der Waals surface area contributed by atoms with Crippen LogP contribution in [-0.2, 0) is 9.59 Å². The first kappa shape index (κ1) is 25.2. The lowest BCUT2D eigenvalue weighted by molar-refractivity contribution is -0.139. The maximum absolute atomic E-state index is 13.3. The highest BCUT2D eigenvalue weighted by Crippen LogP contribution is 2.41. The molecule has 0 radical (unpaired) electrons. The van der Waals surface area contributed by atoms with E-state index in [9.17, 15) is 14.7 Å². The summed E-state index contributed by atoms with van der Waals surface area (Å²) in [5, 5.41) is 11.4. The van der Waals surface area contributed by atoms with Crippen molar-refractivity contribution in [3.05, 3.63) is 101 Å². The molecule has 1 aliphatic rings.